The fourth-order valence-electron chi connectivity index (χ4n) is 3.87. The third-order valence-electron chi connectivity index (χ3n) is 5.06. The molecular weight excluding hydrogens is 346 g/mol. The van der Waals surface area contributed by atoms with Crippen molar-refractivity contribution in [2.45, 2.75) is 26.2 Å². The first-order valence-corrected chi connectivity index (χ1v) is 8.88. The van der Waals surface area contributed by atoms with Gasteiger partial charge in [0, 0.05) is 29.8 Å². The Bertz CT molecular complexity index is 901. The van der Waals surface area contributed by atoms with E-state index in [0.717, 1.165) is 29.1 Å². The van der Waals surface area contributed by atoms with Gasteiger partial charge in [0.05, 0.1) is 27.0 Å². The highest BCUT2D eigenvalue weighted by atomic mass is 16.5. The Kier molecular flexibility index (Phi) is 5.21. The van der Waals surface area contributed by atoms with E-state index < -0.39 is 5.92 Å². The molecule has 0 saturated carbocycles. The number of benzene rings is 1. The molecule has 27 heavy (non-hydrogen) atoms. The number of hydrogen-bond donors (Lipinski definition) is 0. The minimum absolute atomic E-state index is 0.321. The van der Waals surface area contributed by atoms with Gasteiger partial charge in [0.2, 0.25) is 0 Å². The number of ether oxygens (including phenoxy) is 3. The summed E-state index contributed by atoms with van der Waals surface area (Å²) in [5, 5.41) is 4.62. The van der Waals surface area contributed by atoms with Gasteiger partial charge >= 0.3 is 5.97 Å². The van der Waals surface area contributed by atoms with Crippen LogP contribution in [0, 0.1) is 5.92 Å². The molecule has 1 aliphatic heterocycles. The highest BCUT2D eigenvalue weighted by molar-refractivity contribution is 6.05. The summed E-state index contributed by atoms with van der Waals surface area (Å²) in [6.07, 6.45) is 0.731. The fraction of sp³-hybridized carbons (Fsp3) is 0.450. The molecule has 2 aromatic rings. The molecule has 0 spiro atoms. The number of rotatable bonds is 5. The van der Waals surface area contributed by atoms with Crippen molar-refractivity contribution in [3.63, 3.8) is 0 Å². The van der Waals surface area contributed by atoms with Crippen LogP contribution < -0.4 is 9.47 Å². The van der Waals surface area contributed by atoms with Crippen molar-refractivity contribution in [3.8, 4) is 11.5 Å². The van der Waals surface area contributed by atoms with Crippen LogP contribution in [0.4, 0.5) is 5.82 Å². The van der Waals surface area contributed by atoms with Crippen LogP contribution in [0.2, 0.25) is 0 Å². The quantitative estimate of drug-likeness (QED) is 0.755. The van der Waals surface area contributed by atoms with Crippen LogP contribution in [0.3, 0.4) is 0 Å². The summed E-state index contributed by atoms with van der Waals surface area (Å²) in [5.74, 6) is 0.770. The normalized spacial score (nSPS) is 18.5. The van der Waals surface area contributed by atoms with Crippen molar-refractivity contribution < 1.29 is 19.0 Å². The van der Waals surface area contributed by atoms with Gasteiger partial charge in [-0.1, -0.05) is 19.1 Å². The first-order chi connectivity index (χ1) is 13.0. The topological polar surface area (TPSA) is 74.9 Å². The van der Waals surface area contributed by atoms with Crippen molar-refractivity contribution in [2.75, 3.05) is 21.3 Å². The zero-order valence-corrected chi connectivity index (χ0v) is 16.6. The van der Waals surface area contributed by atoms with Gasteiger partial charge in [-0.15, -0.1) is 0 Å². The van der Waals surface area contributed by atoms with E-state index in [1.54, 1.807) is 18.9 Å². The van der Waals surface area contributed by atoms with Crippen LogP contribution >= 0.6 is 0 Å². The first-order valence-electron chi connectivity index (χ1n) is 8.88. The minimum Gasteiger partial charge on any atom is -0.493 e. The van der Waals surface area contributed by atoms with E-state index in [2.05, 4.69) is 10.1 Å². The van der Waals surface area contributed by atoms with Gasteiger partial charge < -0.3 is 14.2 Å². The zero-order chi connectivity index (χ0) is 19.7. The first kappa shape index (κ1) is 18.9. The average Bonchev–Trinajstić information content (AvgIpc) is 3.00. The van der Waals surface area contributed by atoms with Crippen molar-refractivity contribution in [3.05, 3.63) is 35.0 Å². The summed E-state index contributed by atoms with van der Waals surface area (Å²) in [6, 6.07) is 5.69. The van der Waals surface area contributed by atoms with Crippen LogP contribution in [-0.4, -0.2) is 42.8 Å². The predicted molar refractivity (Wildman–Crippen MR) is 102 cm³/mol. The van der Waals surface area contributed by atoms with E-state index in [1.807, 2.05) is 39.1 Å². The molecule has 7 nitrogen and oxygen atoms in total. The van der Waals surface area contributed by atoms with E-state index in [-0.39, 0.29) is 11.9 Å². The molecule has 0 aliphatic carbocycles. The summed E-state index contributed by atoms with van der Waals surface area (Å²) < 4.78 is 18.0. The number of para-hydroxylation sites is 1. The summed E-state index contributed by atoms with van der Waals surface area (Å²) in [7, 11) is 6.46. The number of nitrogens with zero attached hydrogens (tertiary/aromatic N) is 3. The van der Waals surface area contributed by atoms with Gasteiger partial charge in [-0.25, -0.2) is 4.99 Å². The van der Waals surface area contributed by atoms with E-state index in [0.29, 0.717) is 17.2 Å². The van der Waals surface area contributed by atoms with E-state index in [9.17, 15) is 4.79 Å². The maximum Gasteiger partial charge on any atom is 0.315 e. The lowest BCUT2D eigenvalue weighted by atomic mass is 9.75. The number of esters is 1. The Labute approximate surface area is 159 Å². The number of fused-ring (bicyclic) bond motifs is 1. The number of aromatic nitrogens is 2. The predicted octanol–water partition coefficient (Wildman–Crippen LogP) is 3.03. The second-order valence-electron chi connectivity index (χ2n) is 6.48. The Morgan fingerprint density at radius 1 is 1.22 bits per heavy atom. The van der Waals surface area contributed by atoms with Crippen LogP contribution in [0.15, 0.2) is 23.2 Å². The molecule has 0 fully saturated rings. The highest BCUT2D eigenvalue weighted by Gasteiger charge is 2.43. The Morgan fingerprint density at radius 3 is 2.56 bits per heavy atom. The lowest BCUT2D eigenvalue weighted by Crippen LogP contribution is -2.33. The van der Waals surface area contributed by atoms with Gasteiger partial charge in [-0.3, -0.25) is 9.48 Å². The van der Waals surface area contributed by atoms with Crippen LogP contribution in [0.1, 0.15) is 36.6 Å². The molecule has 2 atom stereocenters. The van der Waals surface area contributed by atoms with Gasteiger partial charge in [0.1, 0.15) is 5.92 Å². The van der Waals surface area contributed by atoms with E-state index in [1.165, 1.54) is 7.11 Å². The summed E-state index contributed by atoms with van der Waals surface area (Å²) in [4.78, 5) is 17.4. The molecule has 0 saturated heterocycles. The number of carbonyl (C=O) groups is 1. The maximum absolute atomic E-state index is 12.7. The molecule has 7 heteroatoms. The van der Waals surface area contributed by atoms with Crippen LogP contribution in [-0.2, 0) is 23.0 Å². The van der Waals surface area contributed by atoms with Gasteiger partial charge in [-0.2, -0.15) is 5.10 Å². The van der Waals surface area contributed by atoms with Crippen molar-refractivity contribution in [2.24, 2.45) is 18.0 Å². The Balaban J connectivity index is 2.34. The maximum atomic E-state index is 12.7. The Morgan fingerprint density at radius 2 is 1.96 bits per heavy atom. The summed E-state index contributed by atoms with van der Waals surface area (Å²) in [6.45, 7) is 3.89. The number of aryl methyl sites for hydroxylation is 2. The Hall–Kier alpha value is -2.83. The molecule has 144 valence electrons. The molecule has 0 radical (unpaired) electrons. The standard InChI is InChI=1S/C20H25N3O4/c1-7-13-17-16(12-9-8-10-14(25-4)18(12)26-5)15(20(24)27-6)11(2)21-19(17)23(3)22-13/h8-10,15-16H,7H2,1-6H3. The summed E-state index contributed by atoms with van der Waals surface area (Å²) in [5.41, 5.74) is 3.39. The highest BCUT2D eigenvalue weighted by Crippen LogP contribution is 2.48. The second kappa shape index (κ2) is 7.42. The molecule has 1 aromatic heterocycles. The van der Waals surface area contributed by atoms with Crippen molar-refractivity contribution >= 4 is 17.5 Å². The second-order valence-corrected chi connectivity index (χ2v) is 6.48. The van der Waals surface area contributed by atoms with E-state index >= 15 is 0 Å². The van der Waals surface area contributed by atoms with E-state index in [4.69, 9.17) is 14.2 Å². The fourth-order valence-corrected chi connectivity index (χ4v) is 3.87. The van der Waals surface area contributed by atoms with Crippen LogP contribution in [0.5, 0.6) is 11.5 Å². The number of aliphatic imine (C=N–C) groups is 1. The van der Waals surface area contributed by atoms with Gasteiger partial charge in [0.25, 0.3) is 0 Å². The number of carbonyl (C=O) groups excluding carboxylic acids is 1. The summed E-state index contributed by atoms with van der Waals surface area (Å²) >= 11 is 0. The molecule has 0 amide bonds. The van der Waals surface area contributed by atoms with Gasteiger partial charge in [0.15, 0.2) is 17.3 Å². The molecular formula is C20H25N3O4. The van der Waals surface area contributed by atoms with Gasteiger partial charge in [-0.05, 0) is 19.4 Å². The minimum atomic E-state index is -0.557. The molecule has 1 aliphatic rings. The molecule has 0 bridgehead atoms. The molecule has 3 rings (SSSR count). The molecule has 1 aromatic carbocycles. The monoisotopic (exact) mass is 371 g/mol. The molecule has 2 heterocycles. The lowest BCUT2D eigenvalue weighted by molar-refractivity contribution is -0.143. The zero-order valence-electron chi connectivity index (χ0n) is 16.6. The lowest BCUT2D eigenvalue weighted by Gasteiger charge is -2.31. The average molecular weight is 371 g/mol. The number of hydrogen-bond acceptors (Lipinski definition) is 6. The van der Waals surface area contributed by atoms with Crippen molar-refractivity contribution in [1.29, 1.82) is 0 Å². The van der Waals surface area contributed by atoms with Crippen molar-refractivity contribution in [1.82, 2.24) is 9.78 Å². The molecule has 0 N–H and O–H groups in total. The molecule has 2 unspecified atom stereocenters. The SMILES string of the molecule is CCc1nn(C)c2c1C(c1cccc(OC)c1OC)C(C(=O)OC)C(C)=N2. The largest absolute Gasteiger partial charge is 0.493 e. The third kappa shape index (κ3) is 2.97. The third-order valence-corrected chi connectivity index (χ3v) is 5.06. The number of methoxy groups -OCH3 is 3. The van der Waals surface area contributed by atoms with Crippen LogP contribution in [0.25, 0.3) is 0 Å². The smallest absolute Gasteiger partial charge is 0.315 e.